The van der Waals surface area contributed by atoms with E-state index >= 15 is 0 Å². The highest BCUT2D eigenvalue weighted by Crippen LogP contribution is 2.36. The van der Waals surface area contributed by atoms with Crippen LogP contribution in [0, 0.1) is 0 Å². The minimum atomic E-state index is -0.684. The van der Waals surface area contributed by atoms with Gasteiger partial charge in [0.15, 0.2) is 17.3 Å². The van der Waals surface area contributed by atoms with E-state index in [1.165, 1.54) is 0 Å². The highest BCUT2D eigenvalue weighted by molar-refractivity contribution is 5.97. The summed E-state index contributed by atoms with van der Waals surface area (Å²) in [5, 5.41) is 15.0. The maximum absolute atomic E-state index is 12.6. The zero-order chi connectivity index (χ0) is 29.8. The molecular formula is C30H42N10O3. The summed E-state index contributed by atoms with van der Waals surface area (Å²) in [7, 11) is 3.88. The molecule has 3 saturated heterocycles. The molecule has 6 rings (SSSR count). The van der Waals surface area contributed by atoms with Crippen molar-refractivity contribution in [2.24, 2.45) is 16.0 Å². The van der Waals surface area contributed by atoms with Crippen molar-refractivity contribution in [3.63, 3.8) is 0 Å². The van der Waals surface area contributed by atoms with Crippen LogP contribution in [-0.4, -0.2) is 111 Å². The number of amides is 1. The van der Waals surface area contributed by atoms with E-state index in [0.29, 0.717) is 48.7 Å². The van der Waals surface area contributed by atoms with Crippen LogP contribution in [0.15, 0.2) is 34.5 Å². The van der Waals surface area contributed by atoms with Crippen LogP contribution in [0.4, 0.5) is 23.0 Å². The van der Waals surface area contributed by atoms with Crippen LogP contribution in [0.3, 0.4) is 0 Å². The Labute approximate surface area is 252 Å². The highest BCUT2D eigenvalue weighted by Gasteiger charge is 2.28. The number of ether oxygens (including phenoxy) is 2. The normalized spacial score (nSPS) is 20.7. The molecule has 0 saturated carbocycles. The Morgan fingerprint density at radius 1 is 1.02 bits per heavy atom. The molecular weight excluding hydrogens is 548 g/mol. The van der Waals surface area contributed by atoms with Gasteiger partial charge in [-0.1, -0.05) is 0 Å². The molecule has 43 heavy (non-hydrogen) atoms. The van der Waals surface area contributed by atoms with Gasteiger partial charge < -0.3 is 35.6 Å². The van der Waals surface area contributed by atoms with Gasteiger partial charge in [-0.05, 0) is 50.9 Å². The van der Waals surface area contributed by atoms with Gasteiger partial charge in [-0.15, -0.1) is 0 Å². The first kappa shape index (κ1) is 29.3. The van der Waals surface area contributed by atoms with Crippen molar-refractivity contribution in [3.8, 4) is 5.75 Å². The number of hydrogen-bond acceptors (Lipinski definition) is 12. The summed E-state index contributed by atoms with van der Waals surface area (Å²) in [6, 6.07) is 6.77. The Bertz CT molecular complexity index is 1360. The Balaban J connectivity index is 1.21. The second-order valence-electron chi connectivity index (χ2n) is 11.6. The lowest BCUT2D eigenvalue weighted by Crippen LogP contribution is -2.52. The molecule has 4 N–H and O–H groups in total. The fourth-order valence-corrected chi connectivity index (χ4v) is 6.25. The molecule has 5 heterocycles. The first-order chi connectivity index (χ1) is 21.0. The Kier molecular flexibility index (Phi) is 9.00. The number of methoxy groups -OCH3 is 1. The summed E-state index contributed by atoms with van der Waals surface area (Å²) in [5.41, 5.74) is 8.62. The summed E-state index contributed by atoms with van der Waals surface area (Å²) in [4.78, 5) is 29.5. The van der Waals surface area contributed by atoms with Crippen LogP contribution < -0.4 is 26.0 Å². The molecule has 1 aromatic heterocycles. The Hall–Kier alpha value is -3.81. The van der Waals surface area contributed by atoms with E-state index in [4.69, 9.17) is 20.2 Å². The minimum absolute atomic E-state index is 0.0320. The number of nitrogens with zero attached hydrogens (tertiary/aromatic N) is 7. The van der Waals surface area contributed by atoms with E-state index in [1.54, 1.807) is 7.11 Å². The molecule has 13 nitrogen and oxygen atoms in total. The standard InChI is InChI=1S/C30H42N10O3/c1-38-13-15-39(16-14-38)22-6-11-40(12-7-22)24-4-3-21(19-25(24)42-2)34-30-27(28(31)41)35-26(23-5-10-32-37-23)29(36-30)33-20-8-17-43-18-9-20/h3-5,19-20,22H,6-18H2,1-2H3,(H2,31,41)(H2,33,34,36). The molecule has 3 fully saturated rings. The third-order valence-corrected chi connectivity index (χ3v) is 8.78. The molecule has 1 amide bonds. The van der Waals surface area contributed by atoms with Crippen molar-refractivity contribution in [1.29, 1.82) is 0 Å². The lowest BCUT2D eigenvalue weighted by atomic mass is 10.0. The molecule has 0 atom stereocenters. The number of carbonyl (C=O) groups is 1. The number of azo groups is 1. The van der Waals surface area contributed by atoms with E-state index in [0.717, 1.165) is 76.4 Å². The van der Waals surface area contributed by atoms with E-state index in [-0.39, 0.29) is 17.6 Å². The van der Waals surface area contributed by atoms with E-state index in [9.17, 15) is 4.79 Å². The van der Waals surface area contributed by atoms with Crippen LogP contribution in [0.5, 0.6) is 5.75 Å². The van der Waals surface area contributed by atoms with Crippen molar-refractivity contribution in [1.82, 2.24) is 19.8 Å². The number of piperidine rings is 1. The van der Waals surface area contributed by atoms with Gasteiger partial charge in [-0.25, -0.2) is 9.97 Å². The van der Waals surface area contributed by atoms with Gasteiger partial charge in [0.25, 0.3) is 5.91 Å². The molecule has 2 aromatic rings. The topological polar surface area (TPSA) is 146 Å². The number of nitrogens with one attached hydrogen (secondary N) is 2. The Morgan fingerprint density at radius 2 is 1.79 bits per heavy atom. The van der Waals surface area contributed by atoms with Crippen molar-refractivity contribution in [3.05, 3.63) is 35.7 Å². The smallest absolute Gasteiger partial charge is 0.271 e. The zero-order valence-corrected chi connectivity index (χ0v) is 25.1. The lowest BCUT2D eigenvalue weighted by Gasteiger charge is -2.42. The van der Waals surface area contributed by atoms with Gasteiger partial charge in [0.1, 0.15) is 17.1 Å². The molecule has 0 unspecified atom stereocenters. The van der Waals surface area contributed by atoms with Gasteiger partial charge >= 0.3 is 0 Å². The molecule has 0 bridgehead atoms. The predicted octanol–water partition coefficient (Wildman–Crippen LogP) is 2.94. The van der Waals surface area contributed by atoms with E-state index < -0.39 is 5.91 Å². The number of primary amides is 1. The average molecular weight is 591 g/mol. The Morgan fingerprint density at radius 3 is 2.47 bits per heavy atom. The lowest BCUT2D eigenvalue weighted by molar-refractivity contribution is 0.0904. The number of anilines is 4. The molecule has 0 radical (unpaired) electrons. The molecule has 230 valence electrons. The zero-order valence-electron chi connectivity index (χ0n) is 25.1. The van der Waals surface area contributed by atoms with Crippen molar-refractivity contribution < 1.29 is 14.3 Å². The molecule has 0 aliphatic carbocycles. The summed E-state index contributed by atoms with van der Waals surface area (Å²) in [5.74, 6) is 0.865. The fourth-order valence-electron chi connectivity index (χ4n) is 6.25. The van der Waals surface area contributed by atoms with Crippen LogP contribution in [-0.2, 0) is 4.74 Å². The fraction of sp³-hybridized carbons (Fsp3) is 0.567. The number of carbonyl (C=O) groups excluding carboxylic acids is 1. The average Bonchev–Trinajstić information content (AvgIpc) is 3.57. The summed E-state index contributed by atoms with van der Waals surface area (Å²) in [6.45, 7) is 8.35. The number of hydrogen-bond donors (Lipinski definition) is 3. The number of piperazine rings is 1. The van der Waals surface area contributed by atoms with Gasteiger partial charge in [0.2, 0.25) is 0 Å². The van der Waals surface area contributed by atoms with Crippen LogP contribution >= 0.6 is 0 Å². The molecule has 4 aliphatic rings. The second-order valence-corrected chi connectivity index (χ2v) is 11.6. The molecule has 0 spiro atoms. The number of aromatic nitrogens is 2. The maximum atomic E-state index is 12.6. The predicted molar refractivity (Wildman–Crippen MR) is 166 cm³/mol. The van der Waals surface area contributed by atoms with Gasteiger partial charge in [0.05, 0.1) is 19.3 Å². The van der Waals surface area contributed by atoms with Crippen molar-refractivity contribution >= 4 is 34.6 Å². The van der Waals surface area contributed by atoms with E-state index in [1.807, 2.05) is 18.2 Å². The number of benzene rings is 1. The van der Waals surface area contributed by atoms with Crippen LogP contribution in [0.1, 0.15) is 41.9 Å². The van der Waals surface area contributed by atoms with Gasteiger partial charge in [-0.3, -0.25) is 9.69 Å². The SMILES string of the molecule is COc1cc(Nc2nc(NC3CCOCC3)c(C3=CCN=N3)nc2C(N)=O)ccc1N1CCC(N2CCN(C)CC2)CC1. The minimum Gasteiger partial charge on any atom is -0.495 e. The first-order valence-electron chi connectivity index (χ1n) is 15.2. The van der Waals surface area contributed by atoms with Gasteiger partial charge in [-0.2, -0.15) is 10.2 Å². The van der Waals surface area contributed by atoms with Crippen molar-refractivity contribution in [2.75, 3.05) is 88.7 Å². The second kappa shape index (κ2) is 13.2. The quantitative estimate of drug-likeness (QED) is 0.398. The van der Waals surface area contributed by atoms with Crippen molar-refractivity contribution in [2.45, 2.75) is 37.8 Å². The largest absolute Gasteiger partial charge is 0.495 e. The number of rotatable bonds is 9. The summed E-state index contributed by atoms with van der Waals surface area (Å²) >= 11 is 0. The number of nitrogens with two attached hydrogens (primary N) is 1. The molecule has 1 aromatic carbocycles. The molecule has 4 aliphatic heterocycles. The molecule has 13 heteroatoms. The highest BCUT2D eigenvalue weighted by atomic mass is 16.5. The maximum Gasteiger partial charge on any atom is 0.271 e. The summed E-state index contributed by atoms with van der Waals surface area (Å²) in [6.07, 6.45) is 5.81. The van der Waals surface area contributed by atoms with Crippen LogP contribution in [0.25, 0.3) is 5.70 Å². The van der Waals surface area contributed by atoms with Crippen LogP contribution in [0.2, 0.25) is 0 Å². The third-order valence-electron chi connectivity index (χ3n) is 8.78. The number of likely N-dealkylation sites (N-methyl/N-ethyl adjacent to an activating group) is 1. The summed E-state index contributed by atoms with van der Waals surface area (Å²) < 4.78 is 11.4. The monoisotopic (exact) mass is 590 g/mol. The third kappa shape index (κ3) is 6.73. The van der Waals surface area contributed by atoms with E-state index in [2.05, 4.69) is 53.7 Å². The van der Waals surface area contributed by atoms with Gasteiger partial charge in [0, 0.05) is 76.3 Å². The first-order valence-corrected chi connectivity index (χ1v) is 15.2.